The quantitative estimate of drug-likeness (QED) is 0.213. The largest absolute Gasteiger partial charge is 0.435 e. The van der Waals surface area contributed by atoms with E-state index in [9.17, 15) is 0 Å². The summed E-state index contributed by atoms with van der Waals surface area (Å²) >= 11 is 0. The lowest BCUT2D eigenvalue weighted by Gasteiger charge is -2.13. The molecule has 0 fully saturated rings. The van der Waals surface area contributed by atoms with Crippen molar-refractivity contribution in [1.82, 2.24) is 19.9 Å². The van der Waals surface area contributed by atoms with E-state index in [1.54, 1.807) is 0 Å². The van der Waals surface area contributed by atoms with E-state index in [0.29, 0.717) is 28.9 Å². The molecule has 0 saturated heterocycles. The topological polar surface area (TPSA) is 64.7 Å². The highest BCUT2D eigenvalue weighted by Crippen LogP contribution is 2.37. The SMILES string of the molecule is c1ccc(-c2nc(-c3ccccc3-c3ccccc3)nc(-c3cccc4ccc5nc(-c6ccccc6)oc5c34)n2)cc1. The Morgan fingerprint density at radius 2 is 0.930 bits per heavy atom. The Labute approximate surface area is 248 Å². The number of nitrogens with zero attached hydrogens (tertiary/aromatic N) is 4. The van der Waals surface area contributed by atoms with Gasteiger partial charge in [0.25, 0.3) is 0 Å². The molecule has 0 unspecified atom stereocenters. The van der Waals surface area contributed by atoms with E-state index in [-0.39, 0.29) is 0 Å². The molecule has 43 heavy (non-hydrogen) atoms. The third-order valence-corrected chi connectivity index (χ3v) is 7.58. The molecule has 8 aromatic rings. The molecule has 0 aliphatic rings. The molecule has 5 heteroatoms. The molecule has 0 N–H and O–H groups in total. The number of aromatic nitrogens is 4. The van der Waals surface area contributed by atoms with Crippen molar-refractivity contribution in [1.29, 1.82) is 0 Å². The summed E-state index contributed by atoms with van der Waals surface area (Å²) in [6.07, 6.45) is 0. The Balaban J connectivity index is 1.39. The highest BCUT2D eigenvalue weighted by Gasteiger charge is 2.19. The summed E-state index contributed by atoms with van der Waals surface area (Å²) in [4.78, 5) is 20.0. The summed E-state index contributed by atoms with van der Waals surface area (Å²) < 4.78 is 6.45. The minimum Gasteiger partial charge on any atom is -0.435 e. The van der Waals surface area contributed by atoms with Crippen LogP contribution in [0.1, 0.15) is 0 Å². The Bertz CT molecular complexity index is 2230. The van der Waals surface area contributed by atoms with Gasteiger partial charge in [-0.25, -0.2) is 19.9 Å². The van der Waals surface area contributed by atoms with Crippen molar-refractivity contribution in [2.45, 2.75) is 0 Å². The van der Waals surface area contributed by atoms with E-state index < -0.39 is 0 Å². The third kappa shape index (κ3) is 4.53. The average molecular weight is 553 g/mol. The smallest absolute Gasteiger partial charge is 0.227 e. The summed E-state index contributed by atoms with van der Waals surface area (Å²) in [5, 5.41) is 1.94. The summed E-state index contributed by atoms with van der Waals surface area (Å²) in [6.45, 7) is 0. The summed E-state index contributed by atoms with van der Waals surface area (Å²) in [6, 6.07) is 48.8. The average Bonchev–Trinajstić information content (AvgIpc) is 3.54. The number of rotatable bonds is 5. The molecular weight excluding hydrogens is 528 g/mol. The highest BCUT2D eigenvalue weighted by molar-refractivity contribution is 6.10. The molecule has 8 rings (SSSR count). The molecule has 0 amide bonds. The first-order valence-corrected chi connectivity index (χ1v) is 14.2. The predicted molar refractivity (Wildman–Crippen MR) is 172 cm³/mol. The first-order chi connectivity index (χ1) is 21.3. The van der Waals surface area contributed by atoms with Gasteiger partial charge in [0.2, 0.25) is 5.89 Å². The normalized spacial score (nSPS) is 11.3. The van der Waals surface area contributed by atoms with Crippen LogP contribution in [0.3, 0.4) is 0 Å². The Morgan fingerprint density at radius 3 is 1.65 bits per heavy atom. The van der Waals surface area contributed by atoms with Gasteiger partial charge in [0.15, 0.2) is 23.1 Å². The zero-order valence-electron chi connectivity index (χ0n) is 23.1. The lowest BCUT2D eigenvalue weighted by molar-refractivity contribution is 0.623. The molecule has 0 radical (unpaired) electrons. The Morgan fingerprint density at radius 1 is 0.372 bits per heavy atom. The zero-order valence-corrected chi connectivity index (χ0v) is 23.1. The third-order valence-electron chi connectivity index (χ3n) is 7.58. The minimum atomic E-state index is 0.572. The van der Waals surface area contributed by atoms with E-state index in [1.165, 1.54) is 0 Å². The van der Waals surface area contributed by atoms with Crippen LogP contribution in [0.5, 0.6) is 0 Å². The van der Waals surface area contributed by atoms with Crippen LogP contribution >= 0.6 is 0 Å². The predicted octanol–water partition coefficient (Wildman–Crippen LogP) is 9.50. The van der Waals surface area contributed by atoms with Gasteiger partial charge in [0, 0.05) is 27.6 Å². The molecule has 0 atom stereocenters. The maximum atomic E-state index is 6.45. The highest BCUT2D eigenvalue weighted by atomic mass is 16.3. The molecule has 0 aliphatic heterocycles. The molecule has 0 spiro atoms. The molecule has 2 aromatic heterocycles. The molecule has 5 nitrogen and oxygen atoms in total. The maximum absolute atomic E-state index is 6.45. The fraction of sp³-hybridized carbons (Fsp3) is 0. The van der Waals surface area contributed by atoms with Gasteiger partial charge in [-0.1, -0.05) is 127 Å². The van der Waals surface area contributed by atoms with Crippen LogP contribution < -0.4 is 0 Å². The van der Waals surface area contributed by atoms with Crippen molar-refractivity contribution in [3.8, 4) is 56.7 Å². The molecular formula is C38H24N4O. The van der Waals surface area contributed by atoms with Crippen LogP contribution in [-0.4, -0.2) is 19.9 Å². The number of fused-ring (bicyclic) bond motifs is 3. The van der Waals surface area contributed by atoms with Crippen LogP contribution in [0.4, 0.5) is 0 Å². The van der Waals surface area contributed by atoms with Crippen LogP contribution in [0.2, 0.25) is 0 Å². The fourth-order valence-electron chi connectivity index (χ4n) is 5.53. The summed E-state index contributed by atoms with van der Waals surface area (Å²) in [5.74, 6) is 2.36. The molecule has 0 bridgehead atoms. The number of benzene rings is 6. The van der Waals surface area contributed by atoms with Gasteiger partial charge in [-0.05, 0) is 34.7 Å². The standard InChI is InChI=1S/C38H24N4O/c1-4-13-25(14-5-1)29-20-10-11-21-30(29)36-40-35(27-15-6-2-7-16-27)41-37(42-36)31-22-12-19-26-23-24-32-34(33(26)31)43-38(39-32)28-17-8-3-9-18-28/h1-24H. The van der Waals surface area contributed by atoms with Gasteiger partial charge in [-0.15, -0.1) is 0 Å². The van der Waals surface area contributed by atoms with Crippen molar-refractivity contribution < 1.29 is 4.42 Å². The minimum absolute atomic E-state index is 0.572. The lowest BCUT2D eigenvalue weighted by Crippen LogP contribution is -2.01. The van der Waals surface area contributed by atoms with E-state index in [0.717, 1.165) is 49.7 Å². The molecule has 2 heterocycles. The van der Waals surface area contributed by atoms with E-state index in [1.807, 2.05) is 109 Å². The zero-order chi connectivity index (χ0) is 28.6. The van der Waals surface area contributed by atoms with E-state index >= 15 is 0 Å². The van der Waals surface area contributed by atoms with E-state index in [2.05, 4.69) is 36.4 Å². The fourth-order valence-corrected chi connectivity index (χ4v) is 5.53. The Kier molecular flexibility index (Phi) is 6.05. The Hall–Kier alpha value is -5.94. The van der Waals surface area contributed by atoms with Gasteiger partial charge >= 0.3 is 0 Å². The van der Waals surface area contributed by atoms with Gasteiger partial charge in [-0.3, -0.25) is 0 Å². The van der Waals surface area contributed by atoms with Gasteiger partial charge in [0.05, 0.1) is 0 Å². The number of hydrogen-bond donors (Lipinski definition) is 0. The molecule has 202 valence electrons. The number of hydrogen-bond acceptors (Lipinski definition) is 5. The monoisotopic (exact) mass is 552 g/mol. The molecule has 0 aliphatic carbocycles. The summed E-state index contributed by atoms with van der Waals surface area (Å²) in [7, 11) is 0. The van der Waals surface area contributed by atoms with Crippen LogP contribution in [0.25, 0.3) is 78.6 Å². The van der Waals surface area contributed by atoms with Gasteiger partial charge in [-0.2, -0.15) is 0 Å². The van der Waals surface area contributed by atoms with Crippen molar-refractivity contribution in [3.63, 3.8) is 0 Å². The first-order valence-electron chi connectivity index (χ1n) is 14.2. The van der Waals surface area contributed by atoms with Crippen molar-refractivity contribution in [3.05, 3.63) is 146 Å². The second-order valence-corrected chi connectivity index (χ2v) is 10.3. The lowest BCUT2D eigenvalue weighted by atomic mass is 9.99. The van der Waals surface area contributed by atoms with E-state index in [4.69, 9.17) is 24.4 Å². The van der Waals surface area contributed by atoms with Crippen LogP contribution in [0, 0.1) is 0 Å². The first kappa shape index (κ1) is 24.8. The summed E-state index contributed by atoms with van der Waals surface area (Å²) in [5.41, 5.74) is 7.29. The van der Waals surface area contributed by atoms with Gasteiger partial charge in [0.1, 0.15) is 5.52 Å². The van der Waals surface area contributed by atoms with Crippen LogP contribution in [-0.2, 0) is 0 Å². The van der Waals surface area contributed by atoms with Crippen molar-refractivity contribution >= 4 is 21.9 Å². The van der Waals surface area contributed by atoms with Crippen molar-refractivity contribution in [2.75, 3.05) is 0 Å². The van der Waals surface area contributed by atoms with Crippen LogP contribution in [0.15, 0.2) is 150 Å². The molecule has 6 aromatic carbocycles. The maximum Gasteiger partial charge on any atom is 0.227 e. The van der Waals surface area contributed by atoms with Crippen molar-refractivity contribution in [2.24, 2.45) is 0 Å². The molecule has 0 saturated carbocycles. The number of oxazole rings is 1. The second kappa shape index (κ2) is 10.5. The second-order valence-electron chi connectivity index (χ2n) is 10.3. The van der Waals surface area contributed by atoms with Gasteiger partial charge < -0.3 is 4.42 Å².